The molecule has 0 saturated heterocycles. The zero-order valence-electron chi connectivity index (χ0n) is 11.9. The summed E-state index contributed by atoms with van der Waals surface area (Å²) in [5.74, 6) is -11.3. The molecule has 0 aliphatic heterocycles. The highest BCUT2D eigenvalue weighted by atomic mass is 16.5. The minimum Gasteiger partial charge on any atom is -0.481 e. The lowest BCUT2D eigenvalue weighted by Gasteiger charge is -2.26. The zero-order valence-corrected chi connectivity index (χ0v) is 11.9. The van der Waals surface area contributed by atoms with Gasteiger partial charge < -0.3 is 35.4 Å². The maximum absolute atomic E-state index is 11.6. The van der Waals surface area contributed by atoms with Gasteiger partial charge >= 0.3 is 23.9 Å². The van der Waals surface area contributed by atoms with Crippen LogP contribution in [0.15, 0.2) is 0 Å². The van der Waals surface area contributed by atoms with E-state index < -0.39 is 74.0 Å². The molecule has 0 aromatic carbocycles. The van der Waals surface area contributed by atoms with Gasteiger partial charge in [-0.15, -0.1) is 0 Å². The highest BCUT2D eigenvalue weighted by molar-refractivity contribution is 5.98. The number of aliphatic hydroxyl groups is 3. The summed E-state index contributed by atoms with van der Waals surface area (Å²) in [7, 11) is 0. The Kier molecular flexibility index (Phi) is 8.15. The molecule has 1 unspecified atom stereocenters. The van der Waals surface area contributed by atoms with Gasteiger partial charge in [0.15, 0.2) is 5.92 Å². The molecular formula is C12H18O11. The highest BCUT2D eigenvalue weighted by Crippen LogP contribution is 2.20. The third kappa shape index (κ3) is 5.81. The van der Waals surface area contributed by atoms with Crippen LogP contribution in [0.1, 0.15) is 6.42 Å². The van der Waals surface area contributed by atoms with Gasteiger partial charge in [-0.2, -0.15) is 0 Å². The molecule has 0 amide bonds. The Hall–Kier alpha value is -2.24. The van der Waals surface area contributed by atoms with Gasteiger partial charge in [0.25, 0.3) is 0 Å². The number of rotatable bonds is 11. The maximum atomic E-state index is 11.6. The fourth-order valence-electron chi connectivity index (χ4n) is 1.56. The maximum Gasteiger partial charge on any atom is 0.318 e. The molecule has 0 saturated carbocycles. The smallest absolute Gasteiger partial charge is 0.318 e. The number of carboxylic acids is 3. The molecule has 11 nitrogen and oxygen atoms in total. The minimum absolute atomic E-state index is 0.660. The van der Waals surface area contributed by atoms with Gasteiger partial charge in [-0.1, -0.05) is 0 Å². The zero-order chi connectivity index (χ0) is 18.2. The van der Waals surface area contributed by atoms with Crippen molar-refractivity contribution in [2.45, 2.75) is 6.42 Å². The van der Waals surface area contributed by atoms with Crippen molar-refractivity contribution in [1.82, 2.24) is 0 Å². The van der Waals surface area contributed by atoms with E-state index in [1.807, 2.05) is 0 Å². The van der Waals surface area contributed by atoms with Crippen molar-refractivity contribution in [3.8, 4) is 0 Å². The summed E-state index contributed by atoms with van der Waals surface area (Å²) >= 11 is 0. The van der Waals surface area contributed by atoms with Crippen molar-refractivity contribution in [3.05, 3.63) is 0 Å². The third-order valence-corrected chi connectivity index (χ3v) is 3.18. The summed E-state index contributed by atoms with van der Waals surface area (Å²) in [6.45, 7) is -2.86. The summed E-state index contributed by atoms with van der Waals surface area (Å²) < 4.78 is 4.60. The first kappa shape index (κ1) is 20.8. The molecule has 0 spiro atoms. The van der Waals surface area contributed by atoms with E-state index in [4.69, 9.17) is 30.6 Å². The van der Waals surface area contributed by atoms with E-state index in [1.54, 1.807) is 0 Å². The van der Waals surface area contributed by atoms with Crippen LogP contribution in [-0.4, -0.2) is 80.9 Å². The second kappa shape index (κ2) is 9.02. The van der Waals surface area contributed by atoms with Gasteiger partial charge in [0.2, 0.25) is 0 Å². The second-order valence-electron chi connectivity index (χ2n) is 4.94. The first-order valence-electron chi connectivity index (χ1n) is 6.30. The molecule has 6 N–H and O–H groups in total. The summed E-state index contributed by atoms with van der Waals surface area (Å²) in [6, 6.07) is 0. The summed E-state index contributed by atoms with van der Waals surface area (Å²) in [4.78, 5) is 44.2. The highest BCUT2D eigenvalue weighted by Gasteiger charge is 2.41. The number of hydrogen-bond acceptors (Lipinski definition) is 8. The number of aliphatic hydroxyl groups excluding tert-OH is 3. The molecule has 0 rings (SSSR count). The molecule has 0 aliphatic rings. The van der Waals surface area contributed by atoms with Crippen LogP contribution in [0.2, 0.25) is 0 Å². The van der Waals surface area contributed by atoms with E-state index in [9.17, 15) is 19.2 Å². The van der Waals surface area contributed by atoms with Crippen LogP contribution < -0.4 is 0 Å². The van der Waals surface area contributed by atoms with Crippen LogP contribution in [0.5, 0.6) is 0 Å². The Labute approximate surface area is 129 Å². The van der Waals surface area contributed by atoms with Gasteiger partial charge in [0.05, 0.1) is 37.6 Å². The Bertz CT molecular complexity index is 432. The Morgan fingerprint density at radius 3 is 1.57 bits per heavy atom. The van der Waals surface area contributed by atoms with E-state index in [1.165, 1.54) is 0 Å². The molecule has 0 aliphatic carbocycles. The van der Waals surface area contributed by atoms with Crippen LogP contribution >= 0.6 is 0 Å². The van der Waals surface area contributed by atoms with Crippen LogP contribution in [-0.2, 0) is 23.9 Å². The second-order valence-corrected chi connectivity index (χ2v) is 4.94. The predicted molar refractivity (Wildman–Crippen MR) is 69.2 cm³/mol. The molecule has 0 heterocycles. The van der Waals surface area contributed by atoms with Gasteiger partial charge in [-0.25, -0.2) is 0 Å². The van der Waals surface area contributed by atoms with Crippen molar-refractivity contribution in [1.29, 1.82) is 0 Å². The molecular weight excluding hydrogens is 320 g/mol. The molecule has 0 aromatic heterocycles. The molecule has 11 heteroatoms. The van der Waals surface area contributed by atoms with Crippen molar-refractivity contribution < 1.29 is 54.6 Å². The van der Waals surface area contributed by atoms with Crippen molar-refractivity contribution in [2.24, 2.45) is 17.3 Å². The van der Waals surface area contributed by atoms with E-state index >= 15 is 0 Å². The van der Waals surface area contributed by atoms with Gasteiger partial charge in [0.1, 0.15) is 6.61 Å². The Morgan fingerprint density at radius 1 is 0.826 bits per heavy atom. The quantitative estimate of drug-likeness (QED) is 0.170. The number of hydrogen-bond donors (Lipinski definition) is 6. The fraction of sp³-hybridized carbons (Fsp3) is 0.667. The van der Waals surface area contributed by atoms with Crippen molar-refractivity contribution in [3.63, 3.8) is 0 Å². The fourth-order valence-corrected chi connectivity index (χ4v) is 1.56. The molecule has 0 bridgehead atoms. The van der Waals surface area contributed by atoms with Gasteiger partial charge in [-0.05, 0) is 0 Å². The van der Waals surface area contributed by atoms with Crippen molar-refractivity contribution in [2.75, 3.05) is 26.4 Å². The van der Waals surface area contributed by atoms with Crippen molar-refractivity contribution >= 4 is 23.9 Å². The number of aliphatic carboxylic acids is 3. The molecule has 0 fully saturated rings. The van der Waals surface area contributed by atoms with Gasteiger partial charge in [-0.3, -0.25) is 19.2 Å². The molecule has 1 atom stereocenters. The monoisotopic (exact) mass is 338 g/mol. The standard InChI is InChI=1S/C12H18O11/c13-2-12(3-14,4-15)5-23-7(16)1-6(9(17)18)8(10(19)20)11(21)22/h6,8,13-15H,1-5H2,(H,17,18)(H,19,20)(H,21,22). The van der Waals surface area contributed by atoms with E-state index in [0.717, 1.165) is 0 Å². The number of esters is 1. The average molecular weight is 338 g/mol. The molecule has 0 aromatic rings. The summed E-state index contributed by atoms with van der Waals surface area (Å²) in [5.41, 5.74) is -1.55. The number of carbonyl (C=O) groups excluding carboxylic acids is 1. The number of carboxylic acid groups (broad SMARTS) is 3. The van der Waals surface area contributed by atoms with Crippen LogP contribution in [0.3, 0.4) is 0 Å². The Morgan fingerprint density at radius 2 is 1.26 bits per heavy atom. The first-order chi connectivity index (χ1) is 10.6. The SMILES string of the molecule is O=C(CC(C(=O)O)C(C(=O)O)C(=O)O)OCC(CO)(CO)CO. The number of ether oxygens (including phenoxy) is 1. The third-order valence-electron chi connectivity index (χ3n) is 3.18. The van der Waals surface area contributed by atoms with Crippen LogP contribution in [0, 0.1) is 17.3 Å². The minimum atomic E-state index is -2.35. The number of carbonyl (C=O) groups is 4. The Balaban J connectivity index is 4.98. The molecule has 23 heavy (non-hydrogen) atoms. The van der Waals surface area contributed by atoms with E-state index in [-0.39, 0.29) is 0 Å². The summed E-state index contributed by atoms with van der Waals surface area (Å²) in [5, 5.41) is 53.5. The van der Waals surface area contributed by atoms with Crippen LogP contribution in [0.25, 0.3) is 0 Å². The molecule has 132 valence electrons. The lowest BCUT2D eigenvalue weighted by molar-refractivity contribution is -0.167. The summed E-state index contributed by atoms with van der Waals surface area (Å²) in [6.07, 6.45) is -1.04. The van der Waals surface area contributed by atoms with Crippen LogP contribution in [0.4, 0.5) is 0 Å². The lowest BCUT2D eigenvalue weighted by atomic mass is 9.89. The average Bonchev–Trinajstić information content (AvgIpc) is 2.47. The molecule has 0 radical (unpaired) electrons. The van der Waals surface area contributed by atoms with Gasteiger partial charge in [0, 0.05) is 0 Å². The van der Waals surface area contributed by atoms with E-state index in [2.05, 4.69) is 4.74 Å². The lowest BCUT2D eigenvalue weighted by Crippen LogP contribution is -2.41. The van der Waals surface area contributed by atoms with E-state index in [0.29, 0.717) is 0 Å². The topological polar surface area (TPSA) is 199 Å². The normalized spacial score (nSPS) is 12.7. The first-order valence-corrected chi connectivity index (χ1v) is 6.30. The predicted octanol–water partition coefficient (Wildman–Crippen LogP) is -2.63. The largest absolute Gasteiger partial charge is 0.481 e.